The molecule has 0 atom stereocenters. The van der Waals surface area contributed by atoms with E-state index in [1.807, 2.05) is 24.3 Å². The molecule has 0 aliphatic rings. The summed E-state index contributed by atoms with van der Waals surface area (Å²) in [6.45, 7) is 0. The normalized spacial score (nSPS) is 10.8. The SMILES string of the molecule is Bc1ccc(-c2nc(Cl)nc3ccccc23)c(B)c1. The predicted molar refractivity (Wildman–Crippen MR) is 86.3 cm³/mol. The summed E-state index contributed by atoms with van der Waals surface area (Å²) < 4.78 is 0. The molecule has 3 rings (SSSR count). The summed E-state index contributed by atoms with van der Waals surface area (Å²) in [6.07, 6.45) is 0. The number of para-hydroxylation sites is 1. The number of benzene rings is 2. The molecule has 0 amide bonds. The van der Waals surface area contributed by atoms with E-state index in [1.54, 1.807) is 0 Å². The summed E-state index contributed by atoms with van der Waals surface area (Å²) in [4.78, 5) is 8.68. The van der Waals surface area contributed by atoms with Gasteiger partial charge in [-0.2, -0.15) is 0 Å². The molecule has 0 saturated carbocycles. The molecule has 0 bridgehead atoms. The number of hydrogen-bond acceptors (Lipinski definition) is 2. The number of hydrogen-bond donors (Lipinski definition) is 0. The topological polar surface area (TPSA) is 25.8 Å². The van der Waals surface area contributed by atoms with E-state index in [-0.39, 0.29) is 5.28 Å². The van der Waals surface area contributed by atoms with E-state index >= 15 is 0 Å². The molecule has 90 valence electrons. The largest absolute Gasteiger partial charge is 0.223 e. The second kappa shape index (κ2) is 4.71. The van der Waals surface area contributed by atoms with Crippen molar-refractivity contribution in [3.63, 3.8) is 0 Å². The van der Waals surface area contributed by atoms with Crippen LogP contribution in [0.5, 0.6) is 0 Å². The molecule has 19 heavy (non-hydrogen) atoms. The Kier molecular flexibility index (Phi) is 3.03. The molecule has 0 N–H and O–H groups in total. The molecule has 0 saturated heterocycles. The Labute approximate surface area is 118 Å². The van der Waals surface area contributed by atoms with E-state index < -0.39 is 0 Å². The van der Waals surface area contributed by atoms with Gasteiger partial charge in [0.25, 0.3) is 0 Å². The Morgan fingerprint density at radius 3 is 2.53 bits per heavy atom. The van der Waals surface area contributed by atoms with Crippen LogP contribution in [-0.4, -0.2) is 25.7 Å². The summed E-state index contributed by atoms with van der Waals surface area (Å²) in [5.41, 5.74) is 5.31. The Bertz CT molecular complexity index is 774. The third kappa shape index (κ3) is 2.24. The molecule has 5 heteroatoms. The van der Waals surface area contributed by atoms with Gasteiger partial charge >= 0.3 is 0 Å². The van der Waals surface area contributed by atoms with E-state index in [9.17, 15) is 0 Å². The van der Waals surface area contributed by atoms with Crippen LogP contribution in [0, 0.1) is 0 Å². The lowest BCUT2D eigenvalue weighted by Gasteiger charge is -2.10. The predicted octanol–water partition coefficient (Wildman–Crippen LogP) is 0.467. The number of aromatic nitrogens is 2. The molecule has 0 aliphatic heterocycles. The van der Waals surface area contributed by atoms with Crippen molar-refractivity contribution in [2.75, 3.05) is 0 Å². The Morgan fingerprint density at radius 2 is 1.74 bits per heavy atom. The van der Waals surface area contributed by atoms with E-state index in [2.05, 4.69) is 43.9 Å². The molecule has 0 fully saturated rings. The van der Waals surface area contributed by atoms with Gasteiger partial charge in [0.05, 0.1) is 11.2 Å². The number of rotatable bonds is 1. The van der Waals surface area contributed by atoms with Crippen molar-refractivity contribution >= 4 is 49.1 Å². The molecule has 0 unspecified atom stereocenters. The van der Waals surface area contributed by atoms with E-state index in [4.69, 9.17) is 11.6 Å². The van der Waals surface area contributed by atoms with Crippen LogP contribution in [0.1, 0.15) is 0 Å². The van der Waals surface area contributed by atoms with Crippen molar-refractivity contribution in [2.24, 2.45) is 0 Å². The lowest BCUT2D eigenvalue weighted by molar-refractivity contribution is 1.23. The minimum absolute atomic E-state index is 0.286. The van der Waals surface area contributed by atoms with Crippen molar-refractivity contribution in [1.82, 2.24) is 9.97 Å². The van der Waals surface area contributed by atoms with Gasteiger partial charge in [-0.3, -0.25) is 0 Å². The average molecular weight is 264 g/mol. The smallest absolute Gasteiger partial charge is 0.218 e. The highest BCUT2D eigenvalue weighted by molar-refractivity contribution is 6.40. The van der Waals surface area contributed by atoms with E-state index in [1.165, 1.54) is 10.9 Å². The molecule has 3 aromatic rings. The van der Waals surface area contributed by atoms with Crippen LogP contribution in [0.3, 0.4) is 0 Å². The van der Waals surface area contributed by atoms with Gasteiger partial charge in [-0.1, -0.05) is 47.3 Å². The first kappa shape index (κ1) is 12.2. The molecule has 0 aliphatic carbocycles. The summed E-state index contributed by atoms with van der Waals surface area (Å²) in [5, 5.41) is 1.31. The van der Waals surface area contributed by atoms with Gasteiger partial charge < -0.3 is 0 Å². The summed E-state index contributed by atoms with van der Waals surface area (Å²) in [6, 6.07) is 14.3. The van der Waals surface area contributed by atoms with Gasteiger partial charge in [-0.25, -0.2) is 9.97 Å². The molecular weight excluding hydrogens is 253 g/mol. The highest BCUT2D eigenvalue weighted by Gasteiger charge is 2.10. The van der Waals surface area contributed by atoms with Gasteiger partial charge in [0.15, 0.2) is 0 Å². The zero-order chi connectivity index (χ0) is 13.4. The van der Waals surface area contributed by atoms with Crippen molar-refractivity contribution in [1.29, 1.82) is 0 Å². The Balaban J connectivity index is 2.35. The zero-order valence-electron chi connectivity index (χ0n) is 10.8. The Morgan fingerprint density at radius 1 is 0.947 bits per heavy atom. The number of fused-ring (bicyclic) bond motifs is 1. The third-order valence-corrected chi connectivity index (χ3v) is 3.38. The molecule has 1 heterocycles. The van der Waals surface area contributed by atoms with E-state index in [0.717, 1.165) is 22.2 Å². The quantitative estimate of drug-likeness (QED) is 0.471. The minimum atomic E-state index is 0.286. The highest BCUT2D eigenvalue weighted by atomic mass is 35.5. The molecular formula is C14H11B2ClN2. The fourth-order valence-electron chi connectivity index (χ4n) is 2.33. The maximum Gasteiger partial charge on any atom is 0.223 e. The third-order valence-electron chi connectivity index (χ3n) is 3.21. The lowest BCUT2D eigenvalue weighted by Crippen LogP contribution is -2.15. The van der Waals surface area contributed by atoms with Crippen LogP contribution < -0.4 is 10.9 Å². The molecule has 2 aromatic carbocycles. The van der Waals surface area contributed by atoms with Crippen molar-refractivity contribution < 1.29 is 0 Å². The van der Waals surface area contributed by atoms with Crippen LogP contribution in [0.25, 0.3) is 22.2 Å². The standard InChI is InChI=1S/C14H11B2ClN2/c15-8-5-6-9(11(16)7-8)13-10-3-1-2-4-12(10)18-14(17)19-13/h1-7H,15-16H2. The van der Waals surface area contributed by atoms with E-state index in [0.29, 0.717) is 0 Å². The fourth-order valence-corrected chi connectivity index (χ4v) is 2.51. The van der Waals surface area contributed by atoms with Gasteiger partial charge in [0, 0.05) is 5.39 Å². The first-order valence-electron chi connectivity index (χ1n) is 6.15. The van der Waals surface area contributed by atoms with Crippen molar-refractivity contribution in [2.45, 2.75) is 0 Å². The number of nitrogens with zero attached hydrogens (tertiary/aromatic N) is 2. The zero-order valence-corrected chi connectivity index (χ0v) is 11.6. The maximum absolute atomic E-state index is 6.04. The van der Waals surface area contributed by atoms with Crippen molar-refractivity contribution in [3.05, 3.63) is 47.7 Å². The van der Waals surface area contributed by atoms with Crippen molar-refractivity contribution in [3.8, 4) is 11.3 Å². The number of halogens is 1. The highest BCUT2D eigenvalue weighted by Crippen LogP contribution is 2.25. The molecule has 0 radical (unpaired) electrons. The van der Waals surface area contributed by atoms with Crippen LogP contribution >= 0.6 is 11.6 Å². The summed E-state index contributed by atoms with van der Waals surface area (Å²) in [5.74, 6) is 0. The van der Waals surface area contributed by atoms with Crippen LogP contribution in [0.15, 0.2) is 42.5 Å². The average Bonchev–Trinajstić information content (AvgIpc) is 2.38. The fraction of sp³-hybridized carbons (Fsp3) is 0. The second-order valence-electron chi connectivity index (χ2n) is 4.68. The Hall–Kier alpha value is -1.80. The van der Waals surface area contributed by atoms with Crippen LogP contribution in [0.2, 0.25) is 5.28 Å². The van der Waals surface area contributed by atoms with Crippen LogP contribution in [0.4, 0.5) is 0 Å². The first-order valence-corrected chi connectivity index (χ1v) is 6.53. The van der Waals surface area contributed by atoms with Gasteiger partial charge in [0.1, 0.15) is 15.7 Å². The van der Waals surface area contributed by atoms with Gasteiger partial charge in [-0.15, -0.1) is 0 Å². The first-order chi connectivity index (χ1) is 9.15. The lowest BCUT2D eigenvalue weighted by atomic mass is 9.82. The monoisotopic (exact) mass is 264 g/mol. The minimum Gasteiger partial charge on any atom is -0.218 e. The molecule has 1 aromatic heterocycles. The summed E-state index contributed by atoms with van der Waals surface area (Å²) >= 11 is 6.04. The van der Waals surface area contributed by atoms with Gasteiger partial charge in [0.2, 0.25) is 5.28 Å². The molecule has 0 spiro atoms. The van der Waals surface area contributed by atoms with Crippen LogP contribution in [-0.2, 0) is 0 Å². The second-order valence-corrected chi connectivity index (χ2v) is 5.01. The maximum atomic E-state index is 6.04. The van der Waals surface area contributed by atoms with Gasteiger partial charge in [-0.05, 0) is 23.2 Å². The summed E-state index contributed by atoms with van der Waals surface area (Å²) in [7, 11) is 4.18. The molecule has 2 nitrogen and oxygen atoms in total.